The molecule has 0 spiro atoms. The largest absolute Gasteiger partial charge is 0.353 e. The van der Waals surface area contributed by atoms with Gasteiger partial charge >= 0.3 is 0 Å². The fraction of sp³-hybridized carbons (Fsp3) is 0.929. The van der Waals surface area contributed by atoms with Crippen LogP contribution in [0.2, 0.25) is 0 Å². The lowest BCUT2D eigenvalue weighted by Crippen LogP contribution is -2.45. The number of hydrogen-bond donors (Lipinski definition) is 2. The molecule has 1 heterocycles. The molecule has 102 valence electrons. The smallest absolute Gasteiger partial charge is 0.221 e. The van der Waals surface area contributed by atoms with E-state index in [-0.39, 0.29) is 5.91 Å². The maximum Gasteiger partial charge on any atom is 0.221 e. The normalized spacial score (nSPS) is 26.2. The van der Waals surface area contributed by atoms with E-state index in [0.29, 0.717) is 18.5 Å². The molecule has 3 rings (SSSR count). The van der Waals surface area contributed by atoms with Crippen LogP contribution in [-0.2, 0) is 4.79 Å². The van der Waals surface area contributed by atoms with E-state index in [1.165, 1.54) is 38.8 Å². The van der Waals surface area contributed by atoms with Crippen molar-refractivity contribution in [1.29, 1.82) is 0 Å². The summed E-state index contributed by atoms with van der Waals surface area (Å²) in [5.41, 5.74) is 0. The van der Waals surface area contributed by atoms with E-state index in [4.69, 9.17) is 0 Å². The number of hydrogen-bond acceptors (Lipinski definition) is 3. The Morgan fingerprint density at radius 1 is 1.00 bits per heavy atom. The Hall–Kier alpha value is -0.610. The summed E-state index contributed by atoms with van der Waals surface area (Å²) in [6, 6.07) is 2.01. The Morgan fingerprint density at radius 3 is 2.33 bits per heavy atom. The molecule has 0 aromatic carbocycles. The van der Waals surface area contributed by atoms with Gasteiger partial charge in [-0.2, -0.15) is 0 Å². The van der Waals surface area contributed by atoms with Gasteiger partial charge in [0.2, 0.25) is 5.91 Å². The Labute approximate surface area is 109 Å². The van der Waals surface area contributed by atoms with Crippen LogP contribution in [0.1, 0.15) is 44.9 Å². The van der Waals surface area contributed by atoms with E-state index in [0.717, 1.165) is 25.4 Å². The molecule has 2 N–H and O–H groups in total. The zero-order valence-electron chi connectivity index (χ0n) is 11.2. The summed E-state index contributed by atoms with van der Waals surface area (Å²) >= 11 is 0. The Bertz CT molecular complexity index is 291. The first-order valence-electron chi connectivity index (χ1n) is 7.58. The summed E-state index contributed by atoms with van der Waals surface area (Å²) in [5, 5.41) is 6.57. The van der Waals surface area contributed by atoms with Crippen molar-refractivity contribution in [1.82, 2.24) is 15.5 Å². The summed E-state index contributed by atoms with van der Waals surface area (Å²) in [7, 11) is 0. The highest BCUT2D eigenvalue weighted by molar-refractivity contribution is 5.76. The molecular weight excluding hydrogens is 226 g/mol. The minimum absolute atomic E-state index is 0.230. The number of nitrogens with zero attached hydrogens (tertiary/aromatic N) is 1. The SMILES string of the molecule is O=C(CCNC1CC1)NC1CCN(C2CC2)CC1. The van der Waals surface area contributed by atoms with Gasteiger partial charge in [0, 0.05) is 44.2 Å². The summed E-state index contributed by atoms with van der Waals surface area (Å²) in [6.45, 7) is 3.20. The number of piperidine rings is 1. The van der Waals surface area contributed by atoms with Crippen LogP contribution in [0, 0.1) is 0 Å². The molecule has 2 saturated carbocycles. The second-order valence-corrected chi connectivity index (χ2v) is 6.09. The second-order valence-electron chi connectivity index (χ2n) is 6.09. The monoisotopic (exact) mass is 251 g/mol. The second kappa shape index (κ2) is 5.57. The van der Waals surface area contributed by atoms with E-state index < -0.39 is 0 Å². The lowest BCUT2D eigenvalue weighted by molar-refractivity contribution is -0.122. The zero-order valence-corrected chi connectivity index (χ0v) is 11.2. The number of carbonyl (C=O) groups is 1. The minimum atomic E-state index is 0.230. The van der Waals surface area contributed by atoms with Crippen molar-refractivity contribution < 1.29 is 4.79 Å². The van der Waals surface area contributed by atoms with Crippen molar-refractivity contribution in [3.63, 3.8) is 0 Å². The zero-order chi connectivity index (χ0) is 12.4. The molecule has 3 fully saturated rings. The van der Waals surface area contributed by atoms with Crippen LogP contribution in [-0.4, -0.2) is 48.6 Å². The molecule has 1 saturated heterocycles. The van der Waals surface area contributed by atoms with Gasteiger partial charge in [-0.25, -0.2) is 0 Å². The van der Waals surface area contributed by atoms with Crippen molar-refractivity contribution in [3.8, 4) is 0 Å². The molecule has 4 heteroatoms. The highest BCUT2D eigenvalue weighted by atomic mass is 16.1. The molecule has 2 aliphatic carbocycles. The van der Waals surface area contributed by atoms with Gasteiger partial charge in [0.25, 0.3) is 0 Å². The van der Waals surface area contributed by atoms with Gasteiger partial charge in [0.15, 0.2) is 0 Å². The highest BCUT2D eigenvalue weighted by Gasteiger charge is 2.32. The maximum atomic E-state index is 11.8. The first-order chi connectivity index (χ1) is 8.81. The van der Waals surface area contributed by atoms with Gasteiger partial charge in [0.05, 0.1) is 0 Å². The molecule has 4 nitrogen and oxygen atoms in total. The van der Waals surface area contributed by atoms with E-state index in [2.05, 4.69) is 15.5 Å². The molecule has 0 aromatic rings. The predicted molar refractivity (Wildman–Crippen MR) is 71.4 cm³/mol. The molecule has 18 heavy (non-hydrogen) atoms. The molecule has 0 bridgehead atoms. The van der Waals surface area contributed by atoms with Crippen LogP contribution in [0.3, 0.4) is 0 Å². The molecular formula is C14H25N3O. The molecule has 0 radical (unpaired) electrons. The average molecular weight is 251 g/mol. The number of nitrogens with one attached hydrogen (secondary N) is 2. The number of amides is 1. The van der Waals surface area contributed by atoms with Crippen LogP contribution in [0.4, 0.5) is 0 Å². The summed E-state index contributed by atoms with van der Waals surface area (Å²) in [4.78, 5) is 14.4. The third kappa shape index (κ3) is 3.69. The fourth-order valence-electron chi connectivity index (χ4n) is 2.83. The third-order valence-electron chi connectivity index (χ3n) is 4.32. The van der Waals surface area contributed by atoms with Crippen LogP contribution >= 0.6 is 0 Å². The number of rotatable bonds is 6. The van der Waals surface area contributed by atoms with Crippen LogP contribution < -0.4 is 10.6 Å². The predicted octanol–water partition coefficient (Wildman–Crippen LogP) is 0.872. The Balaban J connectivity index is 1.28. The van der Waals surface area contributed by atoms with E-state index in [1.54, 1.807) is 0 Å². The maximum absolute atomic E-state index is 11.8. The molecule has 0 aromatic heterocycles. The summed E-state index contributed by atoms with van der Waals surface area (Å²) in [5.74, 6) is 0.230. The van der Waals surface area contributed by atoms with Gasteiger partial charge < -0.3 is 15.5 Å². The summed E-state index contributed by atoms with van der Waals surface area (Å²) < 4.78 is 0. The average Bonchev–Trinajstić information content (AvgIpc) is 3.24. The highest BCUT2D eigenvalue weighted by Crippen LogP contribution is 2.29. The van der Waals surface area contributed by atoms with Crippen molar-refractivity contribution in [2.45, 2.75) is 63.1 Å². The van der Waals surface area contributed by atoms with Crippen LogP contribution in [0.15, 0.2) is 0 Å². The molecule has 0 unspecified atom stereocenters. The third-order valence-corrected chi connectivity index (χ3v) is 4.32. The quantitative estimate of drug-likeness (QED) is 0.736. The van der Waals surface area contributed by atoms with Crippen LogP contribution in [0.5, 0.6) is 0 Å². The number of carbonyl (C=O) groups excluding carboxylic acids is 1. The van der Waals surface area contributed by atoms with Crippen molar-refractivity contribution in [2.75, 3.05) is 19.6 Å². The van der Waals surface area contributed by atoms with Gasteiger partial charge in [-0.1, -0.05) is 0 Å². The molecule has 3 aliphatic rings. The molecule has 1 aliphatic heterocycles. The Kier molecular flexibility index (Phi) is 3.85. The number of likely N-dealkylation sites (tertiary alicyclic amines) is 1. The van der Waals surface area contributed by atoms with E-state index >= 15 is 0 Å². The van der Waals surface area contributed by atoms with E-state index in [1.807, 2.05) is 0 Å². The lowest BCUT2D eigenvalue weighted by Gasteiger charge is -2.32. The Morgan fingerprint density at radius 2 is 1.72 bits per heavy atom. The van der Waals surface area contributed by atoms with E-state index in [9.17, 15) is 4.79 Å². The minimum Gasteiger partial charge on any atom is -0.353 e. The summed E-state index contributed by atoms with van der Waals surface area (Å²) in [6.07, 6.45) is 8.28. The lowest BCUT2D eigenvalue weighted by atomic mass is 10.0. The van der Waals surface area contributed by atoms with Gasteiger partial charge in [0.1, 0.15) is 0 Å². The van der Waals surface area contributed by atoms with Gasteiger partial charge in [-0.05, 0) is 38.5 Å². The molecule has 0 atom stereocenters. The fourth-order valence-corrected chi connectivity index (χ4v) is 2.83. The van der Waals surface area contributed by atoms with Crippen molar-refractivity contribution in [2.24, 2.45) is 0 Å². The van der Waals surface area contributed by atoms with Gasteiger partial charge in [-0.3, -0.25) is 4.79 Å². The first-order valence-corrected chi connectivity index (χ1v) is 7.58. The van der Waals surface area contributed by atoms with Crippen molar-refractivity contribution in [3.05, 3.63) is 0 Å². The first kappa shape index (κ1) is 12.4. The topological polar surface area (TPSA) is 44.4 Å². The van der Waals surface area contributed by atoms with Gasteiger partial charge in [-0.15, -0.1) is 0 Å². The molecule has 1 amide bonds. The standard InChI is InChI=1S/C14H25N3O/c18-14(5-8-15-11-1-2-11)16-12-6-9-17(10-7-12)13-3-4-13/h11-13,15H,1-10H2,(H,16,18). The van der Waals surface area contributed by atoms with Crippen LogP contribution in [0.25, 0.3) is 0 Å². The van der Waals surface area contributed by atoms with Crippen molar-refractivity contribution >= 4 is 5.91 Å².